The minimum absolute atomic E-state index is 0.139. The number of carbonyl (C=O) groups is 2. The van der Waals surface area contributed by atoms with Crippen LogP contribution < -0.4 is 10.1 Å². The summed E-state index contributed by atoms with van der Waals surface area (Å²) in [6.45, 7) is 3.50. The van der Waals surface area contributed by atoms with Crippen molar-refractivity contribution in [2.45, 2.75) is 13.8 Å². The molecular weight excluding hydrogens is 282 g/mol. The van der Waals surface area contributed by atoms with Crippen LogP contribution in [0.2, 0.25) is 0 Å². The Morgan fingerprint density at radius 2 is 1.91 bits per heavy atom. The normalized spacial score (nSPS) is 10.1. The molecule has 5 nitrogen and oxygen atoms in total. The Hall–Kier alpha value is -2.82. The van der Waals surface area contributed by atoms with Crippen molar-refractivity contribution < 1.29 is 19.4 Å². The lowest BCUT2D eigenvalue weighted by Gasteiger charge is -2.09. The summed E-state index contributed by atoms with van der Waals surface area (Å²) in [5, 5.41) is 11.7. The van der Waals surface area contributed by atoms with Crippen LogP contribution in [0.5, 0.6) is 5.75 Å². The zero-order chi connectivity index (χ0) is 16.1. The largest absolute Gasteiger partial charge is 0.484 e. The van der Waals surface area contributed by atoms with Gasteiger partial charge in [0.05, 0.1) is 5.56 Å². The van der Waals surface area contributed by atoms with E-state index in [-0.39, 0.29) is 18.1 Å². The van der Waals surface area contributed by atoms with Crippen LogP contribution in [0.3, 0.4) is 0 Å². The average molecular weight is 299 g/mol. The maximum absolute atomic E-state index is 11.9. The lowest BCUT2D eigenvalue weighted by Crippen LogP contribution is -2.20. The van der Waals surface area contributed by atoms with E-state index >= 15 is 0 Å². The number of benzene rings is 2. The van der Waals surface area contributed by atoms with Gasteiger partial charge in [-0.2, -0.15) is 0 Å². The molecule has 0 aliphatic heterocycles. The van der Waals surface area contributed by atoms with Gasteiger partial charge in [0.15, 0.2) is 6.61 Å². The van der Waals surface area contributed by atoms with Gasteiger partial charge in [0.25, 0.3) is 5.91 Å². The molecule has 0 aromatic heterocycles. The Bertz CT molecular complexity index is 710. The molecule has 0 saturated heterocycles. The van der Waals surface area contributed by atoms with Gasteiger partial charge in [0.2, 0.25) is 0 Å². The molecule has 0 aliphatic rings. The highest BCUT2D eigenvalue weighted by Gasteiger charge is 2.10. The SMILES string of the molecule is Cc1cccc(OCC(=O)Nc2ccc(C)c(C(=O)O)c2)c1. The summed E-state index contributed by atoms with van der Waals surface area (Å²) in [5.41, 5.74) is 2.28. The van der Waals surface area contributed by atoms with Gasteiger partial charge in [-0.25, -0.2) is 4.79 Å². The molecule has 1 amide bonds. The van der Waals surface area contributed by atoms with E-state index in [2.05, 4.69) is 5.32 Å². The van der Waals surface area contributed by atoms with Crippen molar-refractivity contribution in [1.29, 1.82) is 0 Å². The first-order chi connectivity index (χ1) is 10.5. The van der Waals surface area contributed by atoms with E-state index in [0.717, 1.165) is 5.56 Å². The molecule has 2 aromatic rings. The Morgan fingerprint density at radius 1 is 1.14 bits per heavy atom. The molecule has 2 rings (SSSR count). The molecule has 0 saturated carbocycles. The second-order valence-corrected chi connectivity index (χ2v) is 4.99. The molecule has 0 spiro atoms. The van der Waals surface area contributed by atoms with Gasteiger partial charge in [-0.1, -0.05) is 18.2 Å². The molecule has 2 N–H and O–H groups in total. The zero-order valence-corrected chi connectivity index (χ0v) is 12.4. The summed E-state index contributed by atoms with van der Waals surface area (Å²) < 4.78 is 5.39. The van der Waals surface area contributed by atoms with Crippen molar-refractivity contribution in [3.05, 3.63) is 59.2 Å². The van der Waals surface area contributed by atoms with Crippen molar-refractivity contribution >= 4 is 17.6 Å². The van der Waals surface area contributed by atoms with E-state index in [1.165, 1.54) is 6.07 Å². The van der Waals surface area contributed by atoms with Gasteiger partial charge in [-0.05, 0) is 49.2 Å². The molecule has 114 valence electrons. The van der Waals surface area contributed by atoms with E-state index in [9.17, 15) is 9.59 Å². The van der Waals surface area contributed by atoms with Crippen LogP contribution in [0.25, 0.3) is 0 Å². The van der Waals surface area contributed by atoms with Gasteiger partial charge in [-0.15, -0.1) is 0 Å². The molecule has 0 radical (unpaired) electrons. The molecular formula is C17H17NO4. The number of rotatable bonds is 5. The van der Waals surface area contributed by atoms with E-state index < -0.39 is 5.97 Å². The molecule has 0 fully saturated rings. The number of ether oxygens (including phenoxy) is 1. The Labute approximate surface area is 128 Å². The second kappa shape index (κ2) is 6.76. The van der Waals surface area contributed by atoms with Crippen molar-refractivity contribution in [1.82, 2.24) is 0 Å². The summed E-state index contributed by atoms with van der Waals surface area (Å²) in [5.74, 6) is -0.753. The number of anilines is 1. The fourth-order valence-corrected chi connectivity index (χ4v) is 1.98. The molecule has 0 atom stereocenters. The van der Waals surface area contributed by atoms with Crippen LogP contribution in [0, 0.1) is 13.8 Å². The highest BCUT2D eigenvalue weighted by molar-refractivity contribution is 5.95. The number of aryl methyl sites for hydroxylation is 2. The van der Waals surface area contributed by atoms with Crippen LogP contribution in [-0.2, 0) is 4.79 Å². The Balaban J connectivity index is 1.97. The molecule has 0 heterocycles. The van der Waals surface area contributed by atoms with Gasteiger partial charge in [0.1, 0.15) is 5.75 Å². The number of nitrogens with one attached hydrogen (secondary N) is 1. The topological polar surface area (TPSA) is 75.6 Å². The van der Waals surface area contributed by atoms with Crippen molar-refractivity contribution in [3.8, 4) is 5.75 Å². The average Bonchev–Trinajstić information content (AvgIpc) is 2.47. The van der Waals surface area contributed by atoms with Crippen molar-refractivity contribution in [2.75, 3.05) is 11.9 Å². The second-order valence-electron chi connectivity index (χ2n) is 4.99. The van der Waals surface area contributed by atoms with Gasteiger partial charge in [-0.3, -0.25) is 4.79 Å². The minimum atomic E-state index is -1.02. The quantitative estimate of drug-likeness (QED) is 0.890. The van der Waals surface area contributed by atoms with E-state index in [0.29, 0.717) is 17.0 Å². The third kappa shape index (κ3) is 4.09. The fraction of sp³-hybridized carbons (Fsp3) is 0.176. The molecule has 0 unspecified atom stereocenters. The van der Waals surface area contributed by atoms with Crippen LogP contribution in [0.4, 0.5) is 5.69 Å². The monoisotopic (exact) mass is 299 g/mol. The molecule has 2 aromatic carbocycles. The van der Waals surface area contributed by atoms with Gasteiger partial charge >= 0.3 is 5.97 Å². The smallest absolute Gasteiger partial charge is 0.336 e. The Morgan fingerprint density at radius 3 is 2.59 bits per heavy atom. The predicted octanol–water partition coefficient (Wildman–Crippen LogP) is 3.02. The van der Waals surface area contributed by atoms with Crippen molar-refractivity contribution in [3.63, 3.8) is 0 Å². The molecule has 22 heavy (non-hydrogen) atoms. The number of carbonyl (C=O) groups excluding carboxylic acids is 1. The van der Waals surface area contributed by atoms with E-state index in [1.54, 1.807) is 25.1 Å². The lowest BCUT2D eigenvalue weighted by atomic mass is 10.1. The van der Waals surface area contributed by atoms with Crippen molar-refractivity contribution in [2.24, 2.45) is 0 Å². The number of aromatic carboxylic acids is 1. The number of carboxylic acids is 1. The number of amides is 1. The van der Waals surface area contributed by atoms with Crippen LogP contribution in [0.1, 0.15) is 21.5 Å². The first-order valence-corrected chi connectivity index (χ1v) is 6.79. The molecule has 0 bridgehead atoms. The van der Waals surface area contributed by atoms with Gasteiger partial charge < -0.3 is 15.2 Å². The summed E-state index contributed by atoms with van der Waals surface area (Å²) in [6, 6.07) is 12.1. The third-order valence-corrected chi connectivity index (χ3v) is 3.11. The Kier molecular flexibility index (Phi) is 4.78. The number of hydrogen-bond acceptors (Lipinski definition) is 3. The highest BCUT2D eigenvalue weighted by Crippen LogP contribution is 2.16. The summed E-state index contributed by atoms with van der Waals surface area (Å²) in [7, 11) is 0. The summed E-state index contributed by atoms with van der Waals surface area (Å²) >= 11 is 0. The van der Waals surface area contributed by atoms with Crippen LogP contribution in [0.15, 0.2) is 42.5 Å². The van der Waals surface area contributed by atoms with Crippen LogP contribution in [-0.4, -0.2) is 23.6 Å². The molecule has 5 heteroatoms. The first-order valence-electron chi connectivity index (χ1n) is 6.79. The summed E-state index contributed by atoms with van der Waals surface area (Å²) in [6.07, 6.45) is 0. The molecule has 0 aliphatic carbocycles. The predicted molar refractivity (Wildman–Crippen MR) is 83.4 cm³/mol. The van der Waals surface area contributed by atoms with Gasteiger partial charge in [0, 0.05) is 5.69 Å². The van der Waals surface area contributed by atoms with E-state index in [1.807, 2.05) is 25.1 Å². The number of carboxylic acid groups (broad SMARTS) is 1. The highest BCUT2D eigenvalue weighted by atomic mass is 16.5. The first kappa shape index (κ1) is 15.6. The third-order valence-electron chi connectivity index (χ3n) is 3.11. The minimum Gasteiger partial charge on any atom is -0.484 e. The van der Waals surface area contributed by atoms with Crippen LogP contribution >= 0.6 is 0 Å². The summed E-state index contributed by atoms with van der Waals surface area (Å²) in [4.78, 5) is 22.9. The number of hydrogen-bond donors (Lipinski definition) is 2. The maximum Gasteiger partial charge on any atom is 0.336 e. The standard InChI is InChI=1S/C17H17NO4/c1-11-4-3-5-14(8-11)22-10-16(19)18-13-7-6-12(2)15(9-13)17(20)21/h3-9H,10H2,1-2H3,(H,18,19)(H,20,21). The van der Waals surface area contributed by atoms with E-state index in [4.69, 9.17) is 9.84 Å². The zero-order valence-electron chi connectivity index (χ0n) is 12.4. The fourth-order valence-electron chi connectivity index (χ4n) is 1.98. The maximum atomic E-state index is 11.9. The lowest BCUT2D eigenvalue weighted by molar-refractivity contribution is -0.118.